The molecule has 8 aromatic carbocycles. The van der Waals surface area contributed by atoms with Gasteiger partial charge in [0.05, 0.1) is 10.2 Å². The normalized spacial score (nSPS) is 13.0. The number of thiophene rings is 1. The zero-order valence-corrected chi connectivity index (χ0v) is 30.3. The van der Waals surface area contributed by atoms with Crippen molar-refractivity contribution in [2.75, 3.05) is 4.90 Å². The highest BCUT2D eigenvalue weighted by atomic mass is 32.1. The second kappa shape index (κ2) is 10.9. The van der Waals surface area contributed by atoms with Crippen LogP contribution in [0.5, 0.6) is 0 Å². The second-order valence-corrected chi connectivity index (χ2v) is 15.8. The van der Waals surface area contributed by atoms with Crippen molar-refractivity contribution in [1.29, 1.82) is 0 Å². The highest BCUT2D eigenvalue weighted by Crippen LogP contribution is 2.51. The summed E-state index contributed by atoms with van der Waals surface area (Å²) in [6, 6.07) is 64.4. The fourth-order valence-corrected chi connectivity index (χ4v) is 10.9. The molecule has 0 saturated heterocycles. The molecule has 3 aromatic heterocycles. The van der Waals surface area contributed by atoms with Crippen LogP contribution in [0.4, 0.5) is 17.1 Å². The molecule has 3 nitrogen and oxygen atoms in total. The van der Waals surface area contributed by atoms with Crippen molar-refractivity contribution in [1.82, 2.24) is 4.48 Å². The Bertz CT molecular complexity index is 3380. The Morgan fingerprint density at radius 1 is 0.491 bits per heavy atom. The number of rotatable bonds is 3. The number of para-hydroxylation sites is 2. The molecule has 254 valence electrons. The molecule has 0 aliphatic carbocycles. The lowest BCUT2D eigenvalue weighted by molar-refractivity contribution is 0.670. The van der Waals surface area contributed by atoms with Gasteiger partial charge in [0.25, 0.3) is 0 Å². The molecule has 0 bridgehead atoms. The minimum absolute atomic E-state index is 0.0889. The van der Waals surface area contributed by atoms with Gasteiger partial charge in [0.1, 0.15) is 11.2 Å². The van der Waals surface area contributed by atoms with Crippen LogP contribution in [0.15, 0.2) is 180 Å². The van der Waals surface area contributed by atoms with Crippen molar-refractivity contribution in [2.24, 2.45) is 0 Å². The SMILES string of the molecule is c1ccc(-c2ccc(N3c4ccc(-c5ccccc5)cc4B4c5c3cc3c(oc6ccccc63)c5-c3cccc5c6sc7ccccc7c6n4c35)cc2)cc1. The zero-order chi connectivity index (χ0) is 35.8. The lowest BCUT2D eigenvalue weighted by Gasteiger charge is -2.40. The third kappa shape index (κ3) is 3.95. The van der Waals surface area contributed by atoms with Gasteiger partial charge < -0.3 is 13.8 Å². The van der Waals surface area contributed by atoms with Crippen LogP contribution in [0.1, 0.15) is 0 Å². The highest BCUT2D eigenvalue weighted by Gasteiger charge is 2.45. The Hall–Kier alpha value is -6.82. The molecule has 0 amide bonds. The van der Waals surface area contributed by atoms with Crippen LogP contribution >= 0.6 is 11.3 Å². The van der Waals surface area contributed by atoms with Gasteiger partial charge in [-0.2, -0.15) is 0 Å². The number of aromatic nitrogens is 1. The molecule has 55 heavy (non-hydrogen) atoms. The fraction of sp³-hybridized carbons (Fsp3) is 0. The van der Waals surface area contributed by atoms with Crippen LogP contribution in [0, 0.1) is 0 Å². The Labute approximate surface area is 321 Å². The largest absolute Gasteiger partial charge is 0.455 e. The maximum Gasteiger partial charge on any atom is 0.333 e. The average Bonchev–Trinajstić information content (AvgIpc) is 3.92. The summed E-state index contributed by atoms with van der Waals surface area (Å²) in [5.74, 6) is 0. The molecule has 0 saturated carbocycles. The van der Waals surface area contributed by atoms with Crippen molar-refractivity contribution >= 4 is 99.3 Å². The molecular formula is C50H29BN2OS. The van der Waals surface area contributed by atoms with Crippen molar-refractivity contribution in [3.05, 3.63) is 176 Å². The van der Waals surface area contributed by atoms with E-state index < -0.39 is 0 Å². The van der Waals surface area contributed by atoms with Crippen molar-refractivity contribution in [2.45, 2.75) is 0 Å². The number of hydrogen-bond acceptors (Lipinski definition) is 3. The number of furan rings is 1. The number of benzene rings is 8. The van der Waals surface area contributed by atoms with Crippen molar-refractivity contribution < 1.29 is 4.42 Å². The van der Waals surface area contributed by atoms with Gasteiger partial charge in [-0.3, -0.25) is 0 Å². The molecule has 0 fully saturated rings. The third-order valence-corrected chi connectivity index (χ3v) is 13.2. The maximum atomic E-state index is 6.96. The van der Waals surface area contributed by atoms with Crippen LogP contribution < -0.4 is 15.8 Å². The Balaban J connectivity index is 1.20. The minimum Gasteiger partial charge on any atom is -0.455 e. The zero-order valence-electron chi connectivity index (χ0n) is 29.5. The lowest BCUT2D eigenvalue weighted by atomic mass is 9.44. The summed E-state index contributed by atoms with van der Waals surface area (Å²) in [5.41, 5.74) is 17.8. The second-order valence-electron chi connectivity index (χ2n) is 14.8. The smallest absolute Gasteiger partial charge is 0.333 e. The first-order chi connectivity index (χ1) is 27.3. The Morgan fingerprint density at radius 2 is 1.16 bits per heavy atom. The summed E-state index contributed by atoms with van der Waals surface area (Å²) in [7, 11) is 0. The van der Waals surface area contributed by atoms with Gasteiger partial charge >= 0.3 is 6.85 Å². The van der Waals surface area contributed by atoms with E-state index in [1.807, 2.05) is 11.3 Å². The lowest BCUT2D eigenvalue weighted by Crippen LogP contribution is -2.56. The molecular weight excluding hydrogens is 687 g/mol. The average molecular weight is 717 g/mol. The van der Waals surface area contributed by atoms with E-state index in [-0.39, 0.29) is 6.85 Å². The number of nitrogens with zero attached hydrogens (tertiary/aromatic N) is 2. The first-order valence-electron chi connectivity index (χ1n) is 18.9. The van der Waals surface area contributed by atoms with Gasteiger partial charge in [-0.25, -0.2) is 0 Å². The van der Waals surface area contributed by atoms with Gasteiger partial charge in [0.2, 0.25) is 0 Å². The van der Waals surface area contributed by atoms with E-state index >= 15 is 0 Å². The van der Waals surface area contributed by atoms with Crippen molar-refractivity contribution in [3.8, 4) is 33.4 Å². The van der Waals surface area contributed by atoms with E-state index in [1.165, 1.54) is 86.9 Å². The van der Waals surface area contributed by atoms with Crippen LogP contribution in [-0.4, -0.2) is 11.3 Å². The van der Waals surface area contributed by atoms with Gasteiger partial charge in [0.15, 0.2) is 0 Å². The molecule has 5 heterocycles. The van der Waals surface area contributed by atoms with Gasteiger partial charge in [-0.1, -0.05) is 140 Å². The van der Waals surface area contributed by atoms with E-state index in [0.717, 1.165) is 27.6 Å². The predicted molar refractivity (Wildman–Crippen MR) is 234 cm³/mol. The first-order valence-corrected chi connectivity index (χ1v) is 19.7. The molecule has 0 unspecified atom stereocenters. The van der Waals surface area contributed by atoms with E-state index in [9.17, 15) is 0 Å². The summed E-state index contributed by atoms with van der Waals surface area (Å²) in [6.07, 6.45) is 0. The van der Waals surface area contributed by atoms with Crippen LogP contribution in [0.3, 0.4) is 0 Å². The molecule has 2 aliphatic rings. The summed E-state index contributed by atoms with van der Waals surface area (Å²) in [6.45, 7) is -0.0889. The van der Waals surface area contributed by atoms with E-state index in [0.29, 0.717) is 0 Å². The molecule has 13 rings (SSSR count). The first kappa shape index (κ1) is 29.6. The summed E-state index contributed by atoms with van der Waals surface area (Å²) >= 11 is 1.91. The van der Waals surface area contributed by atoms with Crippen molar-refractivity contribution in [3.63, 3.8) is 0 Å². The van der Waals surface area contributed by atoms with Crippen LogP contribution in [0.2, 0.25) is 0 Å². The predicted octanol–water partition coefficient (Wildman–Crippen LogP) is 12.7. The molecule has 0 N–H and O–H groups in total. The number of anilines is 3. The molecule has 2 aliphatic heterocycles. The molecule has 0 radical (unpaired) electrons. The number of fused-ring (bicyclic) bond motifs is 13. The van der Waals surface area contributed by atoms with Crippen LogP contribution in [-0.2, 0) is 0 Å². The van der Waals surface area contributed by atoms with E-state index in [4.69, 9.17) is 4.42 Å². The van der Waals surface area contributed by atoms with E-state index in [1.54, 1.807) is 0 Å². The summed E-state index contributed by atoms with van der Waals surface area (Å²) in [5, 5.41) is 4.88. The Kier molecular flexibility index (Phi) is 5.86. The maximum absolute atomic E-state index is 6.96. The molecule has 0 atom stereocenters. The molecule has 5 heteroatoms. The molecule has 0 spiro atoms. The summed E-state index contributed by atoms with van der Waals surface area (Å²) in [4.78, 5) is 2.51. The topological polar surface area (TPSA) is 21.3 Å². The van der Waals surface area contributed by atoms with Gasteiger partial charge in [-0.15, -0.1) is 11.3 Å². The standard InChI is InChI=1S/C50H29BN2OS/c1-3-12-30(13-4-1)32-22-25-34(26-23-32)52-41-27-24-33(31-14-5-2-6-15-31)28-40(41)51-46-42(52)29-39-35-16-7-9-20-43(35)54-49(39)45(46)37-18-11-19-38-47(37)53(51)48-36-17-8-10-21-44(36)55-50(38)48/h1-29H. The highest BCUT2D eigenvalue weighted by molar-refractivity contribution is 7.27. The van der Waals surface area contributed by atoms with E-state index in [2.05, 4.69) is 185 Å². The minimum atomic E-state index is -0.0889. The fourth-order valence-electron chi connectivity index (χ4n) is 9.65. The Morgan fingerprint density at radius 3 is 1.98 bits per heavy atom. The number of hydrogen-bond donors (Lipinski definition) is 0. The molecule has 11 aromatic rings. The van der Waals surface area contributed by atoms with Gasteiger partial charge in [-0.05, 0) is 69.6 Å². The quantitative estimate of drug-likeness (QED) is 0.170. The summed E-state index contributed by atoms with van der Waals surface area (Å²) < 4.78 is 12.3. The van der Waals surface area contributed by atoms with Crippen LogP contribution in [0.25, 0.3) is 86.5 Å². The third-order valence-electron chi connectivity index (χ3n) is 12.0. The monoisotopic (exact) mass is 716 g/mol. The van der Waals surface area contributed by atoms with Gasteiger partial charge in [0, 0.05) is 60.0 Å².